The highest BCUT2D eigenvalue weighted by molar-refractivity contribution is 5.91. The number of rotatable bonds is 8. The van der Waals surface area contributed by atoms with Gasteiger partial charge >= 0.3 is 0 Å². The van der Waals surface area contributed by atoms with E-state index in [4.69, 9.17) is 15.2 Å². The number of hydrogen-bond acceptors (Lipinski definition) is 4. The molecule has 1 aliphatic carbocycles. The van der Waals surface area contributed by atoms with Gasteiger partial charge in [0.25, 0.3) is 5.91 Å². The quantitative estimate of drug-likeness (QED) is 0.755. The van der Waals surface area contributed by atoms with Crippen molar-refractivity contribution in [3.05, 3.63) is 18.2 Å². The van der Waals surface area contributed by atoms with Gasteiger partial charge < -0.3 is 20.5 Å². The topological polar surface area (TPSA) is 90.7 Å². The summed E-state index contributed by atoms with van der Waals surface area (Å²) in [5, 5.41) is 2.90. The van der Waals surface area contributed by atoms with E-state index in [-0.39, 0.29) is 12.5 Å². The molecule has 0 spiro atoms. The number of amides is 2. The Balaban J connectivity index is 1.94. The average Bonchev–Trinajstić information content (AvgIpc) is 2.60. The van der Waals surface area contributed by atoms with Crippen LogP contribution in [-0.2, 0) is 9.59 Å². The van der Waals surface area contributed by atoms with Gasteiger partial charge in [0.05, 0.1) is 7.11 Å². The monoisotopic (exact) mass is 348 g/mol. The van der Waals surface area contributed by atoms with Crippen molar-refractivity contribution in [1.82, 2.24) is 0 Å². The van der Waals surface area contributed by atoms with Crippen LogP contribution in [0.4, 0.5) is 5.69 Å². The van der Waals surface area contributed by atoms with Crippen LogP contribution in [0.5, 0.6) is 11.5 Å². The van der Waals surface area contributed by atoms with Gasteiger partial charge in [-0.05, 0) is 24.0 Å². The van der Waals surface area contributed by atoms with Crippen molar-refractivity contribution in [2.24, 2.45) is 17.6 Å². The van der Waals surface area contributed by atoms with E-state index in [0.717, 1.165) is 0 Å². The molecule has 138 valence electrons. The first-order valence-corrected chi connectivity index (χ1v) is 8.88. The predicted octanol–water partition coefficient (Wildman–Crippen LogP) is 3.10. The van der Waals surface area contributed by atoms with Gasteiger partial charge in [0, 0.05) is 18.2 Å². The number of carbonyl (C=O) groups excluding carboxylic acids is 2. The van der Waals surface area contributed by atoms with E-state index in [1.54, 1.807) is 18.2 Å². The molecule has 6 heteroatoms. The first-order chi connectivity index (χ1) is 12.0. The van der Waals surface area contributed by atoms with Crippen LogP contribution in [0.15, 0.2) is 18.2 Å². The van der Waals surface area contributed by atoms with Gasteiger partial charge in [0.15, 0.2) is 18.1 Å². The van der Waals surface area contributed by atoms with E-state index in [1.807, 2.05) is 0 Å². The average molecular weight is 348 g/mol. The van der Waals surface area contributed by atoms with Crippen LogP contribution in [0, 0.1) is 11.8 Å². The molecule has 2 rings (SSSR count). The first kappa shape index (κ1) is 19.1. The second-order valence-corrected chi connectivity index (χ2v) is 6.75. The highest BCUT2D eigenvalue weighted by Gasteiger charge is 2.22. The summed E-state index contributed by atoms with van der Waals surface area (Å²) < 4.78 is 10.5. The largest absolute Gasteiger partial charge is 0.493 e. The van der Waals surface area contributed by atoms with Crippen molar-refractivity contribution in [1.29, 1.82) is 0 Å². The van der Waals surface area contributed by atoms with Crippen molar-refractivity contribution >= 4 is 17.5 Å². The second-order valence-electron chi connectivity index (χ2n) is 6.75. The number of benzene rings is 1. The van der Waals surface area contributed by atoms with E-state index in [0.29, 0.717) is 35.4 Å². The zero-order valence-corrected chi connectivity index (χ0v) is 15.0. The summed E-state index contributed by atoms with van der Waals surface area (Å²) in [7, 11) is 1.51. The van der Waals surface area contributed by atoms with E-state index < -0.39 is 5.91 Å². The Labute approximate surface area is 149 Å². The molecule has 1 aromatic rings. The SMILES string of the molecule is COc1ccc(NC(=O)CC(C)C2CCCCC2)cc1OCC(N)=O. The highest BCUT2D eigenvalue weighted by atomic mass is 16.5. The molecule has 1 fully saturated rings. The van der Waals surface area contributed by atoms with Gasteiger partial charge in [-0.25, -0.2) is 0 Å². The lowest BCUT2D eigenvalue weighted by Crippen LogP contribution is -2.22. The molecule has 0 aromatic heterocycles. The summed E-state index contributed by atoms with van der Waals surface area (Å²) in [6.07, 6.45) is 6.82. The van der Waals surface area contributed by atoms with Crippen LogP contribution in [0.1, 0.15) is 45.4 Å². The zero-order valence-electron chi connectivity index (χ0n) is 15.0. The van der Waals surface area contributed by atoms with Crippen LogP contribution < -0.4 is 20.5 Å². The Hall–Kier alpha value is -2.24. The fourth-order valence-electron chi connectivity index (χ4n) is 3.39. The summed E-state index contributed by atoms with van der Waals surface area (Å²) in [5.41, 5.74) is 5.71. The van der Waals surface area contributed by atoms with Gasteiger partial charge in [-0.15, -0.1) is 0 Å². The maximum atomic E-state index is 12.3. The predicted molar refractivity (Wildman–Crippen MR) is 96.7 cm³/mol. The molecule has 1 saturated carbocycles. The smallest absolute Gasteiger partial charge is 0.255 e. The summed E-state index contributed by atoms with van der Waals surface area (Å²) in [6.45, 7) is 1.91. The van der Waals surface area contributed by atoms with E-state index in [2.05, 4.69) is 12.2 Å². The Morgan fingerprint density at radius 3 is 2.60 bits per heavy atom. The molecule has 3 N–H and O–H groups in total. The summed E-state index contributed by atoms with van der Waals surface area (Å²) in [6, 6.07) is 5.08. The van der Waals surface area contributed by atoms with Crippen molar-refractivity contribution < 1.29 is 19.1 Å². The molecular formula is C19H28N2O4. The summed E-state index contributed by atoms with van der Waals surface area (Å²) >= 11 is 0. The molecule has 0 heterocycles. The summed E-state index contributed by atoms with van der Waals surface area (Å²) in [5.74, 6) is 1.30. The molecule has 1 unspecified atom stereocenters. The van der Waals surface area contributed by atoms with E-state index in [1.165, 1.54) is 39.2 Å². The van der Waals surface area contributed by atoms with Crippen molar-refractivity contribution in [2.45, 2.75) is 45.4 Å². The lowest BCUT2D eigenvalue weighted by atomic mass is 9.79. The minimum Gasteiger partial charge on any atom is -0.493 e. The molecule has 0 bridgehead atoms. The first-order valence-electron chi connectivity index (χ1n) is 8.88. The number of methoxy groups -OCH3 is 1. The molecule has 1 aromatic carbocycles. The molecular weight excluding hydrogens is 320 g/mol. The van der Waals surface area contributed by atoms with Gasteiger partial charge in [-0.2, -0.15) is 0 Å². The van der Waals surface area contributed by atoms with Gasteiger partial charge in [0.1, 0.15) is 0 Å². The minimum atomic E-state index is -0.571. The van der Waals surface area contributed by atoms with E-state index >= 15 is 0 Å². The van der Waals surface area contributed by atoms with Crippen LogP contribution >= 0.6 is 0 Å². The van der Waals surface area contributed by atoms with Crippen LogP contribution in [0.2, 0.25) is 0 Å². The fourth-order valence-corrected chi connectivity index (χ4v) is 3.39. The maximum absolute atomic E-state index is 12.3. The Morgan fingerprint density at radius 2 is 1.96 bits per heavy atom. The number of nitrogens with one attached hydrogen (secondary N) is 1. The van der Waals surface area contributed by atoms with Gasteiger partial charge in [0.2, 0.25) is 5.91 Å². The maximum Gasteiger partial charge on any atom is 0.255 e. The van der Waals surface area contributed by atoms with Crippen LogP contribution in [-0.4, -0.2) is 25.5 Å². The molecule has 6 nitrogen and oxygen atoms in total. The number of primary amides is 1. The Bertz CT molecular complexity index is 597. The fraction of sp³-hybridized carbons (Fsp3) is 0.579. The standard InChI is InChI=1S/C19H28N2O4/c1-13(14-6-4-3-5-7-14)10-19(23)21-15-8-9-16(24-2)17(11-15)25-12-18(20)22/h8-9,11,13-14H,3-7,10,12H2,1-2H3,(H2,20,22)(H,21,23). The number of carbonyl (C=O) groups is 2. The van der Waals surface area contributed by atoms with Gasteiger partial charge in [-0.1, -0.05) is 39.0 Å². The lowest BCUT2D eigenvalue weighted by molar-refractivity contribution is -0.120. The lowest BCUT2D eigenvalue weighted by Gasteiger charge is -2.27. The zero-order chi connectivity index (χ0) is 18.2. The number of hydrogen-bond donors (Lipinski definition) is 2. The Morgan fingerprint density at radius 1 is 1.24 bits per heavy atom. The number of ether oxygens (including phenoxy) is 2. The molecule has 0 saturated heterocycles. The molecule has 1 aliphatic rings. The molecule has 0 radical (unpaired) electrons. The van der Waals surface area contributed by atoms with Crippen molar-refractivity contribution in [2.75, 3.05) is 19.0 Å². The third kappa shape index (κ3) is 5.96. The molecule has 25 heavy (non-hydrogen) atoms. The molecule has 0 aliphatic heterocycles. The normalized spacial score (nSPS) is 16.1. The van der Waals surface area contributed by atoms with Crippen molar-refractivity contribution in [3.63, 3.8) is 0 Å². The number of anilines is 1. The highest BCUT2D eigenvalue weighted by Crippen LogP contribution is 2.33. The van der Waals surface area contributed by atoms with E-state index in [9.17, 15) is 9.59 Å². The van der Waals surface area contributed by atoms with Crippen LogP contribution in [0.3, 0.4) is 0 Å². The third-order valence-electron chi connectivity index (χ3n) is 4.78. The minimum absolute atomic E-state index is 0.0101. The molecule has 2 amide bonds. The Kier molecular flexibility index (Phi) is 7.10. The van der Waals surface area contributed by atoms with Crippen molar-refractivity contribution in [3.8, 4) is 11.5 Å². The van der Waals surface area contributed by atoms with Gasteiger partial charge in [-0.3, -0.25) is 9.59 Å². The second kappa shape index (κ2) is 9.30. The third-order valence-corrected chi connectivity index (χ3v) is 4.78. The number of nitrogens with two attached hydrogens (primary N) is 1. The summed E-state index contributed by atoms with van der Waals surface area (Å²) in [4.78, 5) is 23.2. The van der Waals surface area contributed by atoms with Crippen LogP contribution in [0.25, 0.3) is 0 Å². The molecule has 1 atom stereocenters.